The number of halogens is 2. The third-order valence-electron chi connectivity index (χ3n) is 1.66. The fourth-order valence-electron chi connectivity index (χ4n) is 1.08. The van der Waals surface area contributed by atoms with E-state index in [9.17, 15) is 22.9 Å². The molecule has 88 valence electrons. The molecule has 1 aromatic rings. The van der Waals surface area contributed by atoms with Crippen molar-refractivity contribution in [1.29, 1.82) is 0 Å². The summed E-state index contributed by atoms with van der Waals surface area (Å²) in [6.45, 7) is 0. The monoisotopic (exact) mass is 269 g/mol. The smallest absolute Gasteiger partial charge is 0.315 e. The fraction of sp³-hybridized carbons (Fsp3) is 0.143. The molecule has 0 saturated carbocycles. The van der Waals surface area contributed by atoms with Crippen LogP contribution in [0.15, 0.2) is 17.0 Å². The van der Waals surface area contributed by atoms with Crippen LogP contribution in [0, 0.1) is 15.9 Å². The van der Waals surface area contributed by atoms with Gasteiger partial charge in [0.05, 0.1) is 18.1 Å². The molecule has 0 fully saturated rings. The molecule has 0 aliphatic rings. The van der Waals surface area contributed by atoms with Crippen LogP contribution in [0.2, 0.25) is 0 Å². The molecule has 1 rings (SSSR count). The average Bonchev–Trinajstić information content (AvgIpc) is 2.14. The minimum Gasteiger partial charge on any atom is -0.489 e. The predicted octanol–water partition coefficient (Wildman–Crippen LogP) is 1.67. The van der Waals surface area contributed by atoms with E-state index in [2.05, 4.69) is 4.74 Å². The highest BCUT2D eigenvalue weighted by atomic mass is 35.7. The van der Waals surface area contributed by atoms with E-state index in [1.165, 1.54) is 0 Å². The maximum atomic E-state index is 13.0. The number of nitro groups is 1. The van der Waals surface area contributed by atoms with Gasteiger partial charge in [-0.2, -0.15) is 0 Å². The largest absolute Gasteiger partial charge is 0.489 e. The van der Waals surface area contributed by atoms with Crippen molar-refractivity contribution in [3.63, 3.8) is 0 Å². The number of nitrogens with zero attached hydrogens (tertiary/aromatic N) is 1. The summed E-state index contributed by atoms with van der Waals surface area (Å²) in [7, 11) is 1.69. The number of nitro benzene ring substituents is 1. The number of benzene rings is 1. The van der Waals surface area contributed by atoms with Gasteiger partial charge in [0.15, 0.2) is 0 Å². The lowest BCUT2D eigenvalue weighted by Crippen LogP contribution is -2.01. The first-order chi connectivity index (χ1) is 7.27. The Hall–Kier alpha value is -1.41. The predicted molar refractivity (Wildman–Crippen MR) is 52.6 cm³/mol. The lowest BCUT2D eigenvalue weighted by Gasteiger charge is -2.06. The lowest BCUT2D eigenvalue weighted by atomic mass is 10.3. The Balaban J connectivity index is 3.68. The molecule has 0 N–H and O–H groups in total. The van der Waals surface area contributed by atoms with Crippen LogP contribution in [0.3, 0.4) is 0 Å². The summed E-state index contributed by atoms with van der Waals surface area (Å²) >= 11 is 0. The van der Waals surface area contributed by atoms with Crippen LogP contribution in [0.1, 0.15) is 0 Å². The van der Waals surface area contributed by atoms with Crippen molar-refractivity contribution in [2.45, 2.75) is 4.90 Å². The van der Waals surface area contributed by atoms with Gasteiger partial charge >= 0.3 is 5.69 Å². The number of hydrogen-bond donors (Lipinski definition) is 0. The minimum atomic E-state index is -4.32. The molecule has 6 nitrogen and oxygen atoms in total. The van der Waals surface area contributed by atoms with Gasteiger partial charge in [-0.05, 0) is 6.07 Å². The van der Waals surface area contributed by atoms with Crippen molar-refractivity contribution < 1.29 is 22.5 Å². The Morgan fingerprint density at radius 2 is 2.06 bits per heavy atom. The normalized spacial score (nSPS) is 11.2. The summed E-state index contributed by atoms with van der Waals surface area (Å²) in [4.78, 5) is 8.79. The molecular formula is C7H5ClFNO5S. The molecule has 0 unspecified atom stereocenters. The summed E-state index contributed by atoms with van der Waals surface area (Å²) in [5.41, 5.74) is -0.804. The van der Waals surface area contributed by atoms with Crippen molar-refractivity contribution in [3.05, 3.63) is 28.1 Å². The Labute approximate surface area is 94.2 Å². The molecular weight excluding hydrogens is 265 g/mol. The first-order valence-electron chi connectivity index (χ1n) is 3.74. The maximum Gasteiger partial charge on any atom is 0.315 e. The molecule has 0 bridgehead atoms. The van der Waals surface area contributed by atoms with Crippen molar-refractivity contribution >= 4 is 25.4 Å². The third kappa shape index (κ3) is 2.39. The van der Waals surface area contributed by atoms with Gasteiger partial charge in [-0.25, -0.2) is 12.8 Å². The van der Waals surface area contributed by atoms with Crippen molar-refractivity contribution in [2.24, 2.45) is 0 Å². The number of ether oxygens (including phenoxy) is 1. The summed E-state index contributed by atoms with van der Waals surface area (Å²) in [5.74, 6) is -1.69. The van der Waals surface area contributed by atoms with E-state index in [-0.39, 0.29) is 0 Å². The highest BCUT2D eigenvalue weighted by Gasteiger charge is 2.27. The second kappa shape index (κ2) is 4.22. The Bertz CT molecular complexity index is 544. The van der Waals surface area contributed by atoms with Crippen LogP contribution in [0.4, 0.5) is 10.1 Å². The van der Waals surface area contributed by atoms with Crippen molar-refractivity contribution in [2.75, 3.05) is 7.11 Å². The van der Waals surface area contributed by atoms with E-state index < -0.39 is 36.1 Å². The number of rotatable bonds is 3. The second-order valence-corrected chi connectivity index (χ2v) is 5.19. The van der Waals surface area contributed by atoms with Gasteiger partial charge in [-0.3, -0.25) is 10.1 Å². The fourth-order valence-corrected chi connectivity index (χ4v) is 2.08. The van der Waals surface area contributed by atoms with Gasteiger partial charge < -0.3 is 4.74 Å². The van der Waals surface area contributed by atoms with Crippen molar-refractivity contribution in [3.8, 4) is 5.75 Å². The topological polar surface area (TPSA) is 86.5 Å². The zero-order valence-electron chi connectivity index (χ0n) is 7.81. The molecule has 0 spiro atoms. The Morgan fingerprint density at radius 1 is 1.50 bits per heavy atom. The van der Waals surface area contributed by atoms with E-state index in [0.717, 1.165) is 7.11 Å². The highest BCUT2D eigenvalue weighted by molar-refractivity contribution is 8.13. The zero-order valence-corrected chi connectivity index (χ0v) is 9.38. The van der Waals surface area contributed by atoms with E-state index in [1.54, 1.807) is 0 Å². The second-order valence-electron chi connectivity index (χ2n) is 2.65. The summed E-state index contributed by atoms with van der Waals surface area (Å²) < 4.78 is 39.6. The number of hydrogen-bond acceptors (Lipinski definition) is 5. The standard InChI is InChI=1S/C7H5ClFNO5S/c1-15-7-5(10(11)12)2-4(9)3-6(7)16(8,13)14/h2-3H,1H3. The molecule has 1 aromatic carbocycles. The summed E-state index contributed by atoms with van der Waals surface area (Å²) in [5, 5.41) is 10.5. The molecule has 0 amide bonds. The summed E-state index contributed by atoms with van der Waals surface area (Å²) in [6, 6.07) is 1.10. The van der Waals surface area contributed by atoms with Gasteiger partial charge in [-0.1, -0.05) is 0 Å². The molecule has 0 aliphatic heterocycles. The molecule has 0 saturated heterocycles. The molecule has 16 heavy (non-hydrogen) atoms. The third-order valence-corrected chi connectivity index (χ3v) is 2.99. The number of methoxy groups -OCH3 is 1. The highest BCUT2D eigenvalue weighted by Crippen LogP contribution is 2.36. The van der Waals surface area contributed by atoms with Gasteiger partial charge in [0.2, 0.25) is 5.75 Å². The average molecular weight is 270 g/mol. The van der Waals surface area contributed by atoms with E-state index >= 15 is 0 Å². The molecule has 0 atom stereocenters. The van der Waals surface area contributed by atoms with Gasteiger partial charge in [-0.15, -0.1) is 0 Å². The Morgan fingerprint density at radius 3 is 2.44 bits per heavy atom. The first kappa shape index (κ1) is 12.7. The molecule has 0 radical (unpaired) electrons. The maximum absolute atomic E-state index is 13.0. The van der Waals surface area contributed by atoms with Crippen molar-refractivity contribution in [1.82, 2.24) is 0 Å². The first-order valence-corrected chi connectivity index (χ1v) is 6.05. The van der Waals surface area contributed by atoms with Gasteiger partial charge in [0.1, 0.15) is 10.7 Å². The van der Waals surface area contributed by atoms with Gasteiger partial charge in [0.25, 0.3) is 9.05 Å². The zero-order chi connectivity index (χ0) is 12.5. The van der Waals surface area contributed by atoms with Crippen LogP contribution < -0.4 is 4.74 Å². The van der Waals surface area contributed by atoms with Crippen LogP contribution in [-0.4, -0.2) is 20.5 Å². The molecule has 9 heteroatoms. The van der Waals surface area contributed by atoms with Crippen LogP contribution in [0.25, 0.3) is 0 Å². The van der Waals surface area contributed by atoms with Gasteiger partial charge in [0, 0.05) is 10.7 Å². The SMILES string of the molecule is COc1c([N+](=O)[O-])cc(F)cc1S(=O)(=O)Cl. The quantitative estimate of drug-likeness (QED) is 0.473. The summed E-state index contributed by atoms with van der Waals surface area (Å²) in [6.07, 6.45) is 0. The van der Waals surface area contributed by atoms with E-state index in [1.807, 2.05) is 0 Å². The minimum absolute atomic E-state index is 0.546. The Kier molecular flexibility index (Phi) is 3.34. The van der Waals surface area contributed by atoms with Crippen LogP contribution >= 0.6 is 10.7 Å². The lowest BCUT2D eigenvalue weighted by molar-refractivity contribution is -0.386. The molecule has 0 heterocycles. The van der Waals surface area contributed by atoms with Crippen LogP contribution in [-0.2, 0) is 9.05 Å². The van der Waals surface area contributed by atoms with E-state index in [0.29, 0.717) is 12.1 Å². The van der Waals surface area contributed by atoms with Crippen LogP contribution in [0.5, 0.6) is 5.75 Å². The van der Waals surface area contributed by atoms with E-state index in [4.69, 9.17) is 10.7 Å². The molecule has 0 aliphatic carbocycles. The molecule has 0 aromatic heterocycles.